The number of hydrogen-bond acceptors (Lipinski definition) is 4. The van der Waals surface area contributed by atoms with E-state index in [1.54, 1.807) is 18.2 Å². The van der Waals surface area contributed by atoms with Crippen molar-refractivity contribution in [3.63, 3.8) is 0 Å². The number of anilines is 1. The molecule has 0 radical (unpaired) electrons. The second kappa shape index (κ2) is 10.7. The lowest BCUT2D eigenvalue weighted by Crippen LogP contribution is -2.43. The number of ether oxygens (including phenoxy) is 2. The number of rotatable bonds is 11. The van der Waals surface area contributed by atoms with Crippen molar-refractivity contribution in [1.82, 2.24) is 0 Å². The van der Waals surface area contributed by atoms with Gasteiger partial charge in [0.15, 0.2) is 0 Å². The molecule has 1 amide bonds. The van der Waals surface area contributed by atoms with Gasteiger partial charge in [0.05, 0.1) is 12.2 Å². The highest BCUT2D eigenvalue weighted by Crippen LogP contribution is 2.25. The van der Waals surface area contributed by atoms with Gasteiger partial charge in [-0.1, -0.05) is 33.6 Å². The number of nitrogens with one attached hydrogen (secondary N) is 1. The van der Waals surface area contributed by atoms with Crippen LogP contribution in [0.1, 0.15) is 65.4 Å². The average Bonchev–Trinajstić information content (AvgIpc) is 2.61. The lowest BCUT2D eigenvalue weighted by atomic mass is 9.98. The number of carbonyl (C=O) groups is 1. The van der Waals surface area contributed by atoms with Crippen LogP contribution in [0.25, 0.3) is 0 Å². The standard InChI is InChI=1S/C20H30N2O3/c1-5-8-13-24-18-10-9-17(14-16(18)15-21)22-19(23)20(4,11-6-2)25-12-7-3/h9-10,14H,5-8,11-13H2,1-4H3,(H,22,23)/t20-/m0/s1. The highest BCUT2D eigenvalue weighted by atomic mass is 16.5. The molecule has 0 heterocycles. The van der Waals surface area contributed by atoms with Gasteiger partial charge in [0.2, 0.25) is 0 Å². The third kappa shape index (κ3) is 6.39. The zero-order valence-corrected chi connectivity index (χ0v) is 15.9. The Bertz CT molecular complexity index is 595. The molecule has 1 aromatic rings. The van der Waals surface area contributed by atoms with Crippen molar-refractivity contribution in [3.05, 3.63) is 23.8 Å². The largest absolute Gasteiger partial charge is 0.492 e. The minimum absolute atomic E-state index is 0.189. The number of amides is 1. The number of carbonyl (C=O) groups excluding carboxylic acids is 1. The summed E-state index contributed by atoms with van der Waals surface area (Å²) in [6.45, 7) is 9.06. The molecule has 0 aliphatic carbocycles. The highest BCUT2D eigenvalue weighted by molar-refractivity contribution is 5.97. The third-order valence-electron chi connectivity index (χ3n) is 3.95. The van der Waals surface area contributed by atoms with Gasteiger partial charge in [-0.15, -0.1) is 0 Å². The Morgan fingerprint density at radius 1 is 1.20 bits per heavy atom. The lowest BCUT2D eigenvalue weighted by Gasteiger charge is -2.28. The smallest absolute Gasteiger partial charge is 0.256 e. The van der Waals surface area contributed by atoms with Gasteiger partial charge in [-0.2, -0.15) is 5.26 Å². The monoisotopic (exact) mass is 346 g/mol. The third-order valence-corrected chi connectivity index (χ3v) is 3.95. The van der Waals surface area contributed by atoms with Crippen LogP contribution in [-0.2, 0) is 9.53 Å². The molecule has 0 bridgehead atoms. The van der Waals surface area contributed by atoms with Crippen LogP contribution in [-0.4, -0.2) is 24.7 Å². The SMILES string of the molecule is CCCCOc1ccc(NC(=O)[C@](C)(CCC)OCCC)cc1C#N. The van der Waals surface area contributed by atoms with Crippen LogP contribution in [0.3, 0.4) is 0 Å². The molecular weight excluding hydrogens is 316 g/mol. The maximum atomic E-state index is 12.7. The molecule has 0 spiro atoms. The van der Waals surface area contributed by atoms with Gasteiger partial charge in [-0.05, 0) is 44.4 Å². The van der Waals surface area contributed by atoms with Crippen molar-refractivity contribution in [2.75, 3.05) is 18.5 Å². The van der Waals surface area contributed by atoms with Gasteiger partial charge in [-0.3, -0.25) is 4.79 Å². The highest BCUT2D eigenvalue weighted by Gasteiger charge is 2.33. The molecule has 0 saturated heterocycles. The van der Waals surface area contributed by atoms with Crippen molar-refractivity contribution in [3.8, 4) is 11.8 Å². The van der Waals surface area contributed by atoms with Crippen molar-refractivity contribution in [2.45, 2.75) is 65.4 Å². The second-order valence-corrected chi connectivity index (χ2v) is 6.31. The van der Waals surface area contributed by atoms with Crippen molar-refractivity contribution in [1.29, 1.82) is 5.26 Å². The second-order valence-electron chi connectivity index (χ2n) is 6.31. The molecule has 1 atom stereocenters. The van der Waals surface area contributed by atoms with Crippen LogP contribution in [0.2, 0.25) is 0 Å². The van der Waals surface area contributed by atoms with E-state index in [1.165, 1.54) is 0 Å². The normalized spacial score (nSPS) is 12.9. The summed E-state index contributed by atoms with van der Waals surface area (Å²) in [6.07, 6.45) is 4.32. The number of nitrogens with zero attached hydrogens (tertiary/aromatic N) is 1. The molecule has 1 N–H and O–H groups in total. The number of benzene rings is 1. The van der Waals surface area contributed by atoms with E-state index in [1.807, 2.05) is 20.8 Å². The molecule has 138 valence electrons. The zero-order valence-electron chi connectivity index (χ0n) is 15.9. The number of unbranched alkanes of at least 4 members (excludes halogenated alkanes) is 1. The Labute approximate surface area is 151 Å². The molecule has 0 saturated carbocycles. The molecule has 1 aromatic carbocycles. The number of hydrogen-bond donors (Lipinski definition) is 1. The van der Waals surface area contributed by atoms with Crippen LogP contribution < -0.4 is 10.1 Å². The summed E-state index contributed by atoms with van der Waals surface area (Å²) in [5, 5.41) is 12.2. The molecule has 0 aliphatic rings. The maximum absolute atomic E-state index is 12.7. The predicted molar refractivity (Wildman–Crippen MR) is 99.7 cm³/mol. The number of nitriles is 1. The van der Waals surface area contributed by atoms with Crippen LogP contribution in [0.4, 0.5) is 5.69 Å². The van der Waals surface area contributed by atoms with Crippen LogP contribution in [0, 0.1) is 11.3 Å². The van der Waals surface area contributed by atoms with E-state index >= 15 is 0 Å². The van der Waals surface area contributed by atoms with E-state index in [2.05, 4.69) is 18.3 Å². The van der Waals surface area contributed by atoms with E-state index in [-0.39, 0.29) is 5.91 Å². The molecule has 0 aliphatic heterocycles. The van der Waals surface area contributed by atoms with Gasteiger partial charge >= 0.3 is 0 Å². The molecule has 0 aromatic heterocycles. The van der Waals surface area contributed by atoms with E-state index in [9.17, 15) is 10.1 Å². The van der Waals surface area contributed by atoms with Gasteiger partial charge in [0, 0.05) is 12.3 Å². The Kier molecular flexibility index (Phi) is 9.01. The average molecular weight is 346 g/mol. The molecule has 0 fully saturated rings. The summed E-state index contributed by atoms with van der Waals surface area (Å²) in [7, 11) is 0. The van der Waals surface area contributed by atoms with E-state index in [0.29, 0.717) is 36.6 Å². The first kappa shape index (κ1) is 21.0. The van der Waals surface area contributed by atoms with Crippen LogP contribution >= 0.6 is 0 Å². The van der Waals surface area contributed by atoms with Crippen LogP contribution in [0.15, 0.2) is 18.2 Å². The van der Waals surface area contributed by atoms with Crippen molar-refractivity contribution >= 4 is 11.6 Å². The fourth-order valence-corrected chi connectivity index (χ4v) is 2.47. The molecule has 25 heavy (non-hydrogen) atoms. The molecular formula is C20H30N2O3. The van der Waals surface area contributed by atoms with Crippen LogP contribution in [0.5, 0.6) is 5.75 Å². The summed E-state index contributed by atoms with van der Waals surface area (Å²) in [5.41, 5.74) is 0.126. The molecule has 5 nitrogen and oxygen atoms in total. The first-order chi connectivity index (χ1) is 12.0. The predicted octanol–water partition coefficient (Wildman–Crippen LogP) is 4.66. The molecule has 5 heteroatoms. The summed E-state index contributed by atoms with van der Waals surface area (Å²) < 4.78 is 11.4. The van der Waals surface area contributed by atoms with Crippen molar-refractivity contribution in [2.24, 2.45) is 0 Å². The summed E-state index contributed by atoms with van der Waals surface area (Å²) in [4.78, 5) is 12.7. The van der Waals surface area contributed by atoms with E-state index in [4.69, 9.17) is 9.47 Å². The van der Waals surface area contributed by atoms with Gasteiger partial charge in [0.25, 0.3) is 5.91 Å². The maximum Gasteiger partial charge on any atom is 0.256 e. The minimum atomic E-state index is -0.867. The van der Waals surface area contributed by atoms with Crippen molar-refractivity contribution < 1.29 is 14.3 Å². The Morgan fingerprint density at radius 3 is 2.56 bits per heavy atom. The first-order valence-corrected chi connectivity index (χ1v) is 9.13. The summed E-state index contributed by atoms with van der Waals surface area (Å²) in [6, 6.07) is 7.26. The van der Waals surface area contributed by atoms with Gasteiger partial charge in [-0.25, -0.2) is 0 Å². The Morgan fingerprint density at radius 2 is 1.96 bits per heavy atom. The fraction of sp³-hybridized carbons (Fsp3) is 0.600. The molecule has 1 rings (SSSR count). The lowest BCUT2D eigenvalue weighted by molar-refractivity contribution is -0.140. The Hall–Kier alpha value is -2.06. The topological polar surface area (TPSA) is 71.3 Å². The minimum Gasteiger partial charge on any atom is -0.492 e. The molecule has 0 unspecified atom stereocenters. The summed E-state index contributed by atoms with van der Waals surface area (Å²) >= 11 is 0. The Balaban J connectivity index is 2.86. The zero-order chi connectivity index (χ0) is 18.7. The summed E-state index contributed by atoms with van der Waals surface area (Å²) in [5.74, 6) is 0.360. The van der Waals surface area contributed by atoms with E-state index in [0.717, 1.165) is 25.7 Å². The fourth-order valence-electron chi connectivity index (χ4n) is 2.47. The quantitative estimate of drug-likeness (QED) is 0.591. The van der Waals surface area contributed by atoms with Gasteiger partial charge in [0.1, 0.15) is 17.4 Å². The first-order valence-electron chi connectivity index (χ1n) is 9.13. The van der Waals surface area contributed by atoms with Gasteiger partial charge < -0.3 is 14.8 Å². The van der Waals surface area contributed by atoms with E-state index < -0.39 is 5.60 Å².